The van der Waals surface area contributed by atoms with Crippen LogP contribution in [-0.2, 0) is 19.4 Å². The molecule has 1 aliphatic carbocycles. The van der Waals surface area contributed by atoms with Gasteiger partial charge in [-0.2, -0.15) is 5.10 Å². The number of amides is 1. The van der Waals surface area contributed by atoms with E-state index in [0.717, 1.165) is 80.8 Å². The first-order valence-corrected chi connectivity index (χ1v) is 13.3. The molecule has 34 heavy (non-hydrogen) atoms. The summed E-state index contributed by atoms with van der Waals surface area (Å²) in [5, 5.41) is 10.8. The Balaban J connectivity index is 1.19. The van der Waals surface area contributed by atoms with Crippen molar-refractivity contribution < 1.29 is 4.79 Å². The number of thiophene rings is 1. The number of aromatic nitrogens is 3. The van der Waals surface area contributed by atoms with Crippen molar-refractivity contribution in [3.63, 3.8) is 0 Å². The third-order valence-electron chi connectivity index (χ3n) is 7.61. The molecule has 6 nitrogen and oxygen atoms in total. The summed E-state index contributed by atoms with van der Waals surface area (Å²) in [5.74, 6) is 0.160. The van der Waals surface area contributed by atoms with Crippen LogP contribution >= 0.6 is 11.3 Å². The number of carbonyl (C=O) groups is 1. The van der Waals surface area contributed by atoms with Crippen LogP contribution in [0.15, 0.2) is 41.9 Å². The van der Waals surface area contributed by atoms with Crippen LogP contribution in [0.1, 0.15) is 52.5 Å². The van der Waals surface area contributed by atoms with Gasteiger partial charge in [0, 0.05) is 47.0 Å². The van der Waals surface area contributed by atoms with E-state index in [1.807, 2.05) is 23.6 Å². The van der Waals surface area contributed by atoms with E-state index >= 15 is 0 Å². The van der Waals surface area contributed by atoms with Crippen molar-refractivity contribution in [2.24, 2.45) is 0 Å². The Hall–Kier alpha value is -2.90. The Morgan fingerprint density at radius 3 is 2.88 bits per heavy atom. The van der Waals surface area contributed by atoms with E-state index in [0.29, 0.717) is 6.04 Å². The summed E-state index contributed by atoms with van der Waals surface area (Å²) in [6.07, 6.45) is 7.15. The normalized spacial score (nSPS) is 16.6. The second kappa shape index (κ2) is 9.04. The maximum Gasteiger partial charge on any atom is 0.253 e. The zero-order chi connectivity index (χ0) is 23.1. The average molecular weight is 474 g/mol. The molecule has 0 bridgehead atoms. The lowest BCUT2D eigenvalue weighted by Gasteiger charge is -2.38. The number of carbonyl (C=O) groups excluding carboxylic acids is 1. The number of benzene rings is 1. The fourth-order valence-corrected chi connectivity index (χ4v) is 6.47. The molecule has 0 atom stereocenters. The number of nitrogens with zero attached hydrogens (tertiary/aromatic N) is 3. The highest BCUT2D eigenvalue weighted by Gasteiger charge is 2.28. The van der Waals surface area contributed by atoms with Crippen molar-refractivity contribution in [2.45, 2.75) is 51.6 Å². The Labute approximate surface area is 204 Å². The smallest absolute Gasteiger partial charge is 0.253 e. The minimum absolute atomic E-state index is 0.160. The Bertz CT molecular complexity index is 1300. The number of fused-ring (bicyclic) bond motifs is 5. The third kappa shape index (κ3) is 3.87. The van der Waals surface area contributed by atoms with Crippen LogP contribution in [0.4, 0.5) is 0 Å². The van der Waals surface area contributed by atoms with E-state index in [1.165, 1.54) is 21.4 Å². The highest BCUT2D eigenvalue weighted by atomic mass is 32.1. The summed E-state index contributed by atoms with van der Waals surface area (Å²) in [7, 11) is 0. The Morgan fingerprint density at radius 2 is 2.09 bits per heavy atom. The maximum atomic E-state index is 13.4. The molecule has 2 aliphatic rings. The van der Waals surface area contributed by atoms with Crippen LogP contribution in [-0.4, -0.2) is 56.6 Å². The lowest BCUT2D eigenvalue weighted by atomic mass is 10.0. The second-order valence-corrected chi connectivity index (χ2v) is 10.6. The van der Waals surface area contributed by atoms with E-state index in [9.17, 15) is 4.79 Å². The number of hydrogen-bond donors (Lipinski definition) is 2. The van der Waals surface area contributed by atoms with Gasteiger partial charge in [-0.1, -0.05) is 13.0 Å². The van der Waals surface area contributed by atoms with Gasteiger partial charge in [0.1, 0.15) is 0 Å². The number of aryl methyl sites for hydroxylation is 2. The van der Waals surface area contributed by atoms with E-state index in [4.69, 9.17) is 0 Å². The molecular formula is C27H31N5OS. The first kappa shape index (κ1) is 21.6. The summed E-state index contributed by atoms with van der Waals surface area (Å²) in [4.78, 5) is 23.1. The van der Waals surface area contributed by atoms with Crippen molar-refractivity contribution in [3.05, 3.63) is 63.5 Å². The van der Waals surface area contributed by atoms with Gasteiger partial charge in [-0.15, -0.1) is 11.3 Å². The number of nitrogens with one attached hydrogen (secondary N) is 2. The molecule has 1 saturated heterocycles. The lowest BCUT2D eigenvalue weighted by Crippen LogP contribution is -2.46. The van der Waals surface area contributed by atoms with Crippen molar-refractivity contribution in [3.8, 4) is 11.4 Å². The summed E-state index contributed by atoms with van der Waals surface area (Å²) < 4.78 is 0. The van der Waals surface area contributed by atoms with Crippen molar-refractivity contribution >= 4 is 28.1 Å². The van der Waals surface area contributed by atoms with Crippen molar-refractivity contribution in [1.82, 2.24) is 25.0 Å². The van der Waals surface area contributed by atoms with Crippen LogP contribution in [0.25, 0.3) is 22.3 Å². The molecule has 2 N–H and O–H groups in total. The van der Waals surface area contributed by atoms with E-state index in [1.54, 1.807) is 0 Å². The molecule has 1 aromatic carbocycles. The minimum Gasteiger partial charge on any atom is -0.353 e. The monoisotopic (exact) mass is 473 g/mol. The predicted molar refractivity (Wildman–Crippen MR) is 137 cm³/mol. The molecule has 1 aliphatic heterocycles. The van der Waals surface area contributed by atoms with E-state index in [2.05, 4.69) is 61.6 Å². The quantitative estimate of drug-likeness (QED) is 0.417. The van der Waals surface area contributed by atoms with Crippen LogP contribution in [0, 0.1) is 0 Å². The van der Waals surface area contributed by atoms with Crippen molar-refractivity contribution in [2.75, 3.05) is 19.6 Å². The zero-order valence-corrected chi connectivity index (χ0v) is 20.5. The fourth-order valence-electron chi connectivity index (χ4n) is 5.75. The average Bonchev–Trinajstić information content (AvgIpc) is 3.61. The zero-order valence-electron chi connectivity index (χ0n) is 19.6. The highest BCUT2D eigenvalue weighted by Crippen LogP contribution is 2.36. The highest BCUT2D eigenvalue weighted by molar-refractivity contribution is 7.09. The molecule has 6 rings (SSSR count). The molecule has 0 unspecified atom stereocenters. The van der Waals surface area contributed by atoms with Crippen LogP contribution < -0.4 is 0 Å². The summed E-state index contributed by atoms with van der Waals surface area (Å²) in [6, 6.07) is 11.0. The predicted octanol–water partition coefficient (Wildman–Crippen LogP) is 5.23. The van der Waals surface area contributed by atoms with Crippen LogP contribution in [0.2, 0.25) is 0 Å². The molecule has 0 saturated carbocycles. The summed E-state index contributed by atoms with van der Waals surface area (Å²) in [6.45, 7) is 5.95. The molecular weight excluding hydrogens is 442 g/mol. The van der Waals surface area contributed by atoms with Crippen LogP contribution in [0.5, 0.6) is 0 Å². The third-order valence-corrected chi connectivity index (χ3v) is 8.47. The topological polar surface area (TPSA) is 68.0 Å². The van der Waals surface area contributed by atoms with Crippen molar-refractivity contribution in [1.29, 1.82) is 0 Å². The number of hydrogen-bond acceptors (Lipinski definition) is 4. The number of likely N-dealkylation sites (tertiary alicyclic amines) is 1. The number of aromatic amines is 2. The van der Waals surface area contributed by atoms with Gasteiger partial charge in [-0.25, -0.2) is 0 Å². The van der Waals surface area contributed by atoms with Gasteiger partial charge in [0.15, 0.2) is 0 Å². The number of piperidine rings is 1. The second-order valence-electron chi connectivity index (χ2n) is 9.53. The molecule has 4 heterocycles. The van der Waals surface area contributed by atoms with Gasteiger partial charge in [0.2, 0.25) is 0 Å². The molecule has 176 valence electrons. The number of H-pyrrole nitrogens is 2. The van der Waals surface area contributed by atoms with E-state index < -0.39 is 0 Å². The largest absolute Gasteiger partial charge is 0.353 e. The minimum atomic E-state index is 0.160. The van der Waals surface area contributed by atoms with E-state index in [-0.39, 0.29) is 5.91 Å². The Morgan fingerprint density at radius 1 is 1.21 bits per heavy atom. The standard InChI is InChI=1S/C27H31N5OS/c1-2-31(17-21-6-4-14-34-21)20-10-12-32(13-11-20)27(33)18-8-9-24-23(15-18)22-7-3-5-19-16-28-30-25(19)26(22)29-24/h4,6,8-9,14-16,20,29H,2-3,5,7,10-13,17H2,1H3,(H,28,30). The molecule has 1 fully saturated rings. The molecule has 7 heteroatoms. The molecule has 3 aromatic heterocycles. The van der Waals surface area contributed by atoms with Gasteiger partial charge < -0.3 is 9.88 Å². The van der Waals surface area contributed by atoms with Gasteiger partial charge in [0.25, 0.3) is 5.91 Å². The lowest BCUT2D eigenvalue weighted by molar-refractivity contribution is 0.0617. The first-order valence-electron chi connectivity index (χ1n) is 12.4. The van der Waals surface area contributed by atoms with Gasteiger partial charge >= 0.3 is 0 Å². The first-order chi connectivity index (χ1) is 16.7. The maximum absolute atomic E-state index is 13.4. The molecule has 1 amide bonds. The number of rotatable bonds is 5. The molecule has 0 spiro atoms. The fraction of sp³-hybridized carbons (Fsp3) is 0.407. The summed E-state index contributed by atoms with van der Waals surface area (Å²) >= 11 is 1.83. The van der Waals surface area contributed by atoms with Gasteiger partial charge in [-0.3, -0.25) is 14.8 Å². The van der Waals surface area contributed by atoms with Gasteiger partial charge in [-0.05, 0) is 79.4 Å². The van der Waals surface area contributed by atoms with Crippen LogP contribution in [0.3, 0.4) is 0 Å². The SMILES string of the molecule is CCN(Cc1cccs1)C1CCN(C(=O)c2ccc3[nH]c4c(c3c2)CCCc2cn[nH]c2-4)CC1. The Kier molecular flexibility index (Phi) is 5.75. The molecule has 4 aromatic rings. The van der Waals surface area contributed by atoms with Gasteiger partial charge in [0.05, 0.1) is 17.6 Å². The molecule has 0 radical (unpaired) electrons. The summed E-state index contributed by atoms with van der Waals surface area (Å²) in [5.41, 5.74) is 6.70.